The Morgan fingerprint density at radius 2 is 1.33 bits per heavy atom. The van der Waals surface area contributed by atoms with E-state index in [1.807, 2.05) is 6.92 Å². The van der Waals surface area contributed by atoms with E-state index in [0.29, 0.717) is 36.2 Å². The summed E-state index contributed by atoms with van der Waals surface area (Å²) in [5, 5.41) is 0. The van der Waals surface area contributed by atoms with E-state index in [1.165, 1.54) is 0 Å². The van der Waals surface area contributed by atoms with Crippen molar-refractivity contribution in [2.75, 3.05) is 27.4 Å². The van der Waals surface area contributed by atoms with Gasteiger partial charge in [-0.15, -0.1) is 0 Å². The van der Waals surface area contributed by atoms with Crippen molar-refractivity contribution in [2.24, 2.45) is 0 Å². The number of benzene rings is 1. The first kappa shape index (κ1) is 17.6. The molecule has 1 aromatic carbocycles. The lowest BCUT2D eigenvalue weighted by molar-refractivity contribution is -0.0442. The average Bonchev–Trinajstić information content (AvgIpc) is 3.27. The lowest BCUT2D eigenvalue weighted by atomic mass is 10.1. The molecule has 0 spiro atoms. The Hall–Kier alpha value is -1.18. The molecular weight excluding hydrogens is 380 g/mol. The lowest BCUT2D eigenvalue weighted by Crippen LogP contribution is -2.18. The van der Waals surface area contributed by atoms with Crippen LogP contribution in [0.3, 0.4) is 0 Å². The van der Waals surface area contributed by atoms with E-state index in [0.717, 1.165) is 35.7 Å². The van der Waals surface area contributed by atoms with Crippen LogP contribution in [-0.2, 0) is 9.47 Å². The van der Waals surface area contributed by atoms with Gasteiger partial charge in [0.15, 0.2) is 24.1 Å². The third kappa shape index (κ3) is 3.43. The molecule has 0 aliphatic carbocycles. The molecule has 2 atom stereocenters. The maximum Gasteiger partial charge on any atom is 0.208 e. The van der Waals surface area contributed by atoms with Gasteiger partial charge in [0.2, 0.25) is 11.5 Å². The largest absolute Gasteiger partial charge is 0.490 e. The third-order valence-electron chi connectivity index (χ3n) is 4.17. The van der Waals surface area contributed by atoms with Crippen LogP contribution in [0.1, 0.15) is 31.2 Å². The van der Waals surface area contributed by atoms with E-state index in [4.69, 9.17) is 28.4 Å². The maximum absolute atomic E-state index is 6.03. The zero-order valence-corrected chi connectivity index (χ0v) is 15.8. The Labute approximate surface area is 150 Å². The van der Waals surface area contributed by atoms with E-state index in [2.05, 4.69) is 15.9 Å². The topological polar surface area (TPSA) is 55.4 Å². The molecule has 0 N–H and O–H groups in total. The molecule has 0 bridgehead atoms. The van der Waals surface area contributed by atoms with Crippen LogP contribution < -0.4 is 18.9 Å². The van der Waals surface area contributed by atoms with Gasteiger partial charge in [-0.2, -0.15) is 0 Å². The predicted octanol–water partition coefficient (Wildman–Crippen LogP) is 3.81. The number of hydrogen-bond acceptors (Lipinski definition) is 6. The summed E-state index contributed by atoms with van der Waals surface area (Å²) in [4.78, 5) is 0. The molecule has 6 nitrogen and oxygen atoms in total. The molecular formula is C17H23BrO6. The Balaban J connectivity index is 1.98. The number of hydrogen-bond donors (Lipinski definition) is 0. The number of rotatable bonds is 6. The predicted molar refractivity (Wildman–Crippen MR) is 91.2 cm³/mol. The monoisotopic (exact) mass is 402 g/mol. The van der Waals surface area contributed by atoms with Crippen molar-refractivity contribution in [1.82, 2.24) is 0 Å². The molecule has 2 heterocycles. The first-order valence-corrected chi connectivity index (χ1v) is 8.95. The first-order valence-electron chi connectivity index (χ1n) is 8.16. The highest BCUT2D eigenvalue weighted by Crippen LogP contribution is 2.52. The van der Waals surface area contributed by atoms with Gasteiger partial charge in [0.05, 0.1) is 31.9 Å². The minimum atomic E-state index is -0.274. The molecule has 0 amide bonds. The number of halogens is 1. The highest BCUT2D eigenvalue weighted by atomic mass is 79.9. The standard InChI is InChI=1S/C17H23BrO6/c1-10-13(18)15(24-12-7-5-9-22-12)17(20-3)16(19-2)14(10)23-11-6-4-8-21-11/h11-12H,4-9H2,1-3H3. The van der Waals surface area contributed by atoms with Crippen molar-refractivity contribution in [3.8, 4) is 23.0 Å². The van der Waals surface area contributed by atoms with Crippen LogP contribution in [0.5, 0.6) is 23.0 Å². The van der Waals surface area contributed by atoms with Crippen LogP contribution in [0.2, 0.25) is 0 Å². The molecule has 7 heteroatoms. The normalized spacial score (nSPS) is 23.3. The molecule has 2 fully saturated rings. The van der Waals surface area contributed by atoms with Crippen molar-refractivity contribution < 1.29 is 28.4 Å². The zero-order valence-electron chi connectivity index (χ0n) is 14.2. The van der Waals surface area contributed by atoms with Gasteiger partial charge in [-0.1, -0.05) is 0 Å². The molecule has 0 aromatic heterocycles. The van der Waals surface area contributed by atoms with Crippen molar-refractivity contribution in [1.29, 1.82) is 0 Å². The highest BCUT2D eigenvalue weighted by molar-refractivity contribution is 9.10. The minimum Gasteiger partial charge on any atom is -0.490 e. The van der Waals surface area contributed by atoms with E-state index >= 15 is 0 Å². The summed E-state index contributed by atoms with van der Waals surface area (Å²) in [6.45, 7) is 3.37. The highest BCUT2D eigenvalue weighted by Gasteiger charge is 2.30. The van der Waals surface area contributed by atoms with Gasteiger partial charge in [-0.05, 0) is 35.7 Å². The zero-order chi connectivity index (χ0) is 17.1. The fourth-order valence-corrected chi connectivity index (χ4v) is 3.36. The van der Waals surface area contributed by atoms with E-state index < -0.39 is 0 Å². The Morgan fingerprint density at radius 1 is 0.833 bits per heavy atom. The average molecular weight is 403 g/mol. The summed E-state index contributed by atoms with van der Waals surface area (Å²) < 4.78 is 35.1. The van der Waals surface area contributed by atoms with Crippen LogP contribution in [0.4, 0.5) is 0 Å². The molecule has 2 aliphatic rings. The summed E-state index contributed by atoms with van der Waals surface area (Å²) >= 11 is 3.61. The van der Waals surface area contributed by atoms with Crippen molar-refractivity contribution in [3.63, 3.8) is 0 Å². The van der Waals surface area contributed by atoms with Crippen molar-refractivity contribution in [3.05, 3.63) is 10.0 Å². The van der Waals surface area contributed by atoms with E-state index in [-0.39, 0.29) is 12.6 Å². The first-order chi connectivity index (χ1) is 11.7. The molecule has 3 rings (SSSR count). The van der Waals surface area contributed by atoms with Crippen LogP contribution in [0.25, 0.3) is 0 Å². The fraction of sp³-hybridized carbons (Fsp3) is 0.647. The van der Waals surface area contributed by atoms with Gasteiger partial charge < -0.3 is 28.4 Å². The van der Waals surface area contributed by atoms with Gasteiger partial charge in [0.25, 0.3) is 0 Å². The molecule has 2 aliphatic heterocycles. The summed E-state index contributed by atoms with van der Waals surface area (Å²) in [6.07, 6.45) is 3.15. The van der Waals surface area contributed by atoms with Crippen molar-refractivity contribution >= 4 is 15.9 Å². The third-order valence-corrected chi connectivity index (χ3v) is 5.13. The van der Waals surface area contributed by atoms with Crippen LogP contribution in [0, 0.1) is 6.92 Å². The Bertz CT molecular complexity index is 528. The number of methoxy groups -OCH3 is 2. The van der Waals surface area contributed by atoms with E-state index in [9.17, 15) is 0 Å². The van der Waals surface area contributed by atoms with Crippen LogP contribution >= 0.6 is 15.9 Å². The molecule has 0 radical (unpaired) electrons. The summed E-state index contributed by atoms with van der Waals surface area (Å²) in [7, 11) is 3.17. The molecule has 2 unspecified atom stereocenters. The summed E-state index contributed by atoms with van der Waals surface area (Å²) in [5.74, 6) is 2.16. The lowest BCUT2D eigenvalue weighted by Gasteiger charge is -2.24. The second-order valence-electron chi connectivity index (χ2n) is 5.78. The summed E-state index contributed by atoms with van der Waals surface area (Å²) in [6, 6.07) is 0. The van der Waals surface area contributed by atoms with Gasteiger partial charge in [-0.25, -0.2) is 0 Å². The summed E-state index contributed by atoms with van der Waals surface area (Å²) in [5.41, 5.74) is 0.871. The van der Waals surface area contributed by atoms with E-state index in [1.54, 1.807) is 14.2 Å². The Morgan fingerprint density at radius 3 is 1.79 bits per heavy atom. The van der Waals surface area contributed by atoms with Crippen LogP contribution in [0.15, 0.2) is 4.47 Å². The van der Waals surface area contributed by atoms with Gasteiger partial charge in [-0.3, -0.25) is 0 Å². The quantitative estimate of drug-likeness (QED) is 0.720. The second kappa shape index (κ2) is 7.80. The molecule has 2 saturated heterocycles. The molecule has 1 aromatic rings. The van der Waals surface area contributed by atoms with Gasteiger partial charge in [0.1, 0.15) is 0 Å². The second-order valence-corrected chi connectivity index (χ2v) is 6.58. The van der Waals surface area contributed by atoms with Crippen LogP contribution in [-0.4, -0.2) is 40.0 Å². The maximum atomic E-state index is 6.03. The van der Waals surface area contributed by atoms with Crippen molar-refractivity contribution in [2.45, 2.75) is 45.2 Å². The molecule has 0 saturated carbocycles. The fourth-order valence-electron chi connectivity index (χ4n) is 2.91. The van der Waals surface area contributed by atoms with Gasteiger partial charge >= 0.3 is 0 Å². The Kier molecular flexibility index (Phi) is 5.73. The molecule has 134 valence electrons. The minimum absolute atomic E-state index is 0.265. The number of ether oxygens (including phenoxy) is 6. The SMILES string of the molecule is COc1c(OC2CCCO2)c(C)c(Br)c(OC2CCCO2)c1OC. The van der Waals surface area contributed by atoms with Gasteiger partial charge in [0, 0.05) is 18.4 Å². The smallest absolute Gasteiger partial charge is 0.208 e. The molecule has 24 heavy (non-hydrogen) atoms.